The van der Waals surface area contributed by atoms with E-state index in [9.17, 15) is 22.0 Å². The van der Waals surface area contributed by atoms with Gasteiger partial charge in [-0.05, 0) is 0 Å². The van der Waals surface area contributed by atoms with E-state index in [0.29, 0.717) is 17.0 Å². The summed E-state index contributed by atoms with van der Waals surface area (Å²) < 4.78 is 66.5. The summed E-state index contributed by atoms with van der Waals surface area (Å²) in [5.41, 5.74) is 0. The third-order valence-electron chi connectivity index (χ3n) is 2.04. The lowest BCUT2D eigenvalue weighted by Gasteiger charge is -2.05. The Bertz CT molecular complexity index is 726. The van der Waals surface area contributed by atoms with Crippen molar-refractivity contribution in [3.63, 3.8) is 0 Å². The molecule has 0 saturated heterocycles. The van der Waals surface area contributed by atoms with E-state index >= 15 is 0 Å². The zero-order valence-corrected chi connectivity index (χ0v) is 12.2. The van der Waals surface area contributed by atoms with Gasteiger partial charge in [-0.3, -0.25) is 9.11 Å². The fourth-order valence-electron chi connectivity index (χ4n) is 1.33. The molecule has 0 unspecified atom stereocenters. The molecule has 0 bridgehead atoms. The average molecular weight is 327 g/mol. The fraction of sp³-hybridized carbons (Fsp3) is 0.444. The van der Waals surface area contributed by atoms with Gasteiger partial charge in [-0.2, -0.15) is 16.8 Å². The molecular weight excluding hydrogens is 314 g/mol. The largest absolute Gasteiger partial charge is 0.624 e. The number of hydrogen-bond donors (Lipinski definition) is 2. The molecule has 1 heterocycles. The molecule has 1 aromatic heterocycles. The second kappa shape index (κ2) is 5.52. The maximum Gasteiger partial charge on any atom is 0.328 e. The Morgan fingerprint density at radius 2 is 1.85 bits per heavy atom. The Morgan fingerprint density at radius 3 is 2.25 bits per heavy atom. The van der Waals surface area contributed by atoms with E-state index in [1.165, 1.54) is 0 Å². The van der Waals surface area contributed by atoms with Crippen LogP contribution in [0.1, 0.15) is 19.6 Å². The third-order valence-corrected chi connectivity index (χ3v) is 3.63. The molecule has 0 aliphatic rings. The predicted octanol–water partition coefficient (Wildman–Crippen LogP) is 0.358. The number of rotatable bonds is 5. The first-order valence-electron chi connectivity index (χ1n) is 5.28. The highest BCUT2D eigenvalue weighted by Gasteiger charge is 2.27. The fourth-order valence-corrected chi connectivity index (χ4v) is 2.47. The summed E-state index contributed by atoms with van der Waals surface area (Å²) in [4.78, 5) is -0.922. The molecule has 11 heteroatoms. The van der Waals surface area contributed by atoms with Crippen molar-refractivity contribution in [3.8, 4) is 0 Å². The first kappa shape index (κ1) is 16.6. The van der Waals surface area contributed by atoms with Gasteiger partial charge in [0.25, 0.3) is 10.1 Å². The lowest BCUT2D eigenvalue weighted by molar-refractivity contribution is -0.459. The van der Waals surface area contributed by atoms with Crippen molar-refractivity contribution in [2.75, 3.05) is 6.54 Å². The highest BCUT2D eigenvalue weighted by Crippen LogP contribution is 2.22. The van der Waals surface area contributed by atoms with Crippen LogP contribution in [0, 0.1) is 11.1 Å². The Hall–Kier alpha value is -1.43. The van der Waals surface area contributed by atoms with Crippen LogP contribution in [0.15, 0.2) is 20.5 Å². The normalized spacial score (nSPS) is 13.9. The number of nitrogens with zero attached hydrogens (tertiary/aromatic N) is 1. The first-order chi connectivity index (χ1) is 8.91. The molecule has 2 N–H and O–H groups in total. The lowest BCUT2D eigenvalue weighted by atomic mass is 10.2. The average Bonchev–Trinajstić information content (AvgIpc) is 2.58. The molecule has 0 aromatic carbocycles. The van der Waals surface area contributed by atoms with E-state index in [0.717, 1.165) is 0 Å². The van der Waals surface area contributed by atoms with Crippen molar-refractivity contribution < 1.29 is 35.1 Å². The second-order valence-electron chi connectivity index (χ2n) is 4.37. The van der Waals surface area contributed by atoms with Crippen molar-refractivity contribution >= 4 is 26.5 Å². The van der Waals surface area contributed by atoms with Crippen molar-refractivity contribution in [2.24, 2.45) is 5.92 Å². The minimum Gasteiger partial charge on any atom is -0.624 e. The summed E-state index contributed by atoms with van der Waals surface area (Å²) in [5, 5.41) is 10.4. The maximum atomic E-state index is 11.5. The summed E-state index contributed by atoms with van der Waals surface area (Å²) in [6, 6.07) is 0.416. The highest BCUT2D eigenvalue weighted by molar-refractivity contribution is 7.86. The Morgan fingerprint density at radius 1 is 1.30 bits per heavy atom. The van der Waals surface area contributed by atoms with Crippen LogP contribution in [0.25, 0.3) is 0 Å². The van der Waals surface area contributed by atoms with Gasteiger partial charge < -0.3 is 9.62 Å². The number of furan rings is 1. The minimum atomic E-state index is -4.81. The van der Waals surface area contributed by atoms with Gasteiger partial charge in [-0.1, -0.05) is 13.8 Å². The van der Waals surface area contributed by atoms with Gasteiger partial charge in [0.05, 0.1) is 0 Å². The van der Waals surface area contributed by atoms with Crippen LogP contribution in [0.5, 0.6) is 0 Å². The van der Waals surface area contributed by atoms with Crippen molar-refractivity contribution in [3.05, 3.63) is 17.0 Å². The number of hydrogen-bond acceptors (Lipinski definition) is 6. The molecule has 0 fully saturated rings. The van der Waals surface area contributed by atoms with Crippen LogP contribution in [-0.2, 0) is 20.2 Å². The molecule has 1 rings (SSSR count). The Labute approximate surface area is 115 Å². The molecule has 0 aliphatic carbocycles. The zero-order valence-electron chi connectivity index (χ0n) is 10.5. The van der Waals surface area contributed by atoms with Crippen LogP contribution in [-0.4, -0.2) is 43.4 Å². The molecule has 1 aromatic rings. The summed E-state index contributed by atoms with van der Waals surface area (Å²) in [6.45, 7) is 3.45. The van der Waals surface area contributed by atoms with E-state index in [1.54, 1.807) is 13.8 Å². The summed E-state index contributed by atoms with van der Waals surface area (Å²) in [7, 11) is -9.62. The predicted molar refractivity (Wildman–Crippen MR) is 66.8 cm³/mol. The summed E-state index contributed by atoms with van der Waals surface area (Å²) in [5.74, 6) is -0.732. The minimum absolute atomic E-state index is 0.00712. The van der Waals surface area contributed by atoms with Crippen LogP contribution < -0.4 is 0 Å². The lowest BCUT2D eigenvalue weighted by Crippen LogP contribution is -2.13. The smallest absolute Gasteiger partial charge is 0.328 e. The topological polar surface area (TPSA) is 148 Å². The molecule has 0 saturated carbocycles. The van der Waals surface area contributed by atoms with E-state index in [4.69, 9.17) is 9.11 Å². The van der Waals surface area contributed by atoms with E-state index in [2.05, 4.69) is 4.42 Å². The monoisotopic (exact) mass is 327 g/mol. The molecule has 0 amide bonds. The van der Waals surface area contributed by atoms with Crippen LogP contribution in [0.4, 0.5) is 0 Å². The van der Waals surface area contributed by atoms with Gasteiger partial charge >= 0.3 is 10.1 Å². The van der Waals surface area contributed by atoms with Gasteiger partial charge in [-0.25, -0.2) is 4.74 Å². The van der Waals surface area contributed by atoms with Crippen LogP contribution in [0.3, 0.4) is 0 Å². The van der Waals surface area contributed by atoms with Crippen molar-refractivity contribution in [1.82, 2.24) is 0 Å². The third kappa shape index (κ3) is 4.30. The van der Waals surface area contributed by atoms with Gasteiger partial charge in [0.15, 0.2) is 6.54 Å². The van der Waals surface area contributed by atoms with E-state index in [1.807, 2.05) is 0 Å². The van der Waals surface area contributed by atoms with Crippen LogP contribution >= 0.6 is 0 Å². The maximum absolute atomic E-state index is 11.5. The van der Waals surface area contributed by atoms with E-state index in [-0.39, 0.29) is 12.5 Å². The van der Waals surface area contributed by atoms with Gasteiger partial charge in [0.1, 0.15) is 4.90 Å². The summed E-state index contributed by atoms with van der Waals surface area (Å²) in [6.07, 6.45) is 0.678. The quantitative estimate of drug-likeness (QED) is 0.259. The highest BCUT2D eigenvalue weighted by atomic mass is 32.2. The molecule has 9 nitrogen and oxygen atoms in total. The number of hydroxylamine groups is 1. The molecule has 0 radical (unpaired) electrons. The van der Waals surface area contributed by atoms with Crippen molar-refractivity contribution in [2.45, 2.75) is 23.8 Å². The molecule has 0 atom stereocenters. The van der Waals surface area contributed by atoms with Gasteiger partial charge in [0.2, 0.25) is 17.1 Å². The standard InChI is InChI=1S/C9H13NO8S2/c1-6(2)4-10(11)5-7-8(19(12,13)14)3-9(18-7)20(15,16)17/h3,5-6H,4H2,1-2H3,(H,12,13,14)(H,15,16,17). The molecule has 0 aliphatic heterocycles. The Kier molecular flexibility index (Phi) is 4.59. The van der Waals surface area contributed by atoms with E-state index < -0.39 is 36.0 Å². The molecular formula is C9H13NO8S2. The zero-order chi connectivity index (χ0) is 15.7. The first-order valence-corrected chi connectivity index (χ1v) is 8.16. The molecule has 20 heavy (non-hydrogen) atoms. The molecule has 0 spiro atoms. The van der Waals surface area contributed by atoms with Crippen LogP contribution in [0.2, 0.25) is 0 Å². The second-order valence-corrected chi connectivity index (χ2v) is 7.11. The Balaban J connectivity index is 3.42. The van der Waals surface area contributed by atoms with Gasteiger partial charge in [0, 0.05) is 12.0 Å². The molecule has 114 valence electrons. The van der Waals surface area contributed by atoms with Crippen molar-refractivity contribution in [1.29, 1.82) is 0 Å². The summed E-state index contributed by atoms with van der Waals surface area (Å²) >= 11 is 0. The van der Waals surface area contributed by atoms with Gasteiger partial charge in [-0.15, -0.1) is 0 Å². The SMILES string of the molecule is CC(C)C[N+]([O-])=Cc1oc(S(=O)(=O)O)cc1S(=O)(=O)O.